The summed E-state index contributed by atoms with van der Waals surface area (Å²) in [5.74, 6) is 0.169. The molecule has 1 fully saturated rings. The summed E-state index contributed by atoms with van der Waals surface area (Å²) in [5.41, 5.74) is 2.93. The minimum Gasteiger partial charge on any atom is -0.325 e. The standard InChI is InChI=1S/C16H19N3O/c1-11-6-7-14(13-5-3-9-18-15(11)13)19-16(20)12-4-2-8-17-10-12/h3,5-7,9,12,17H,2,4,8,10H2,1H3,(H,19,20)/t12-/m1/s1. The monoisotopic (exact) mass is 269 g/mol. The van der Waals surface area contributed by atoms with Crippen LogP contribution in [-0.2, 0) is 4.79 Å². The number of aryl methyl sites for hydroxylation is 1. The van der Waals surface area contributed by atoms with Crippen LogP contribution in [0.4, 0.5) is 5.69 Å². The van der Waals surface area contributed by atoms with E-state index in [0.29, 0.717) is 0 Å². The van der Waals surface area contributed by atoms with E-state index >= 15 is 0 Å². The van der Waals surface area contributed by atoms with Crippen LogP contribution in [0.5, 0.6) is 0 Å². The number of hydrogen-bond acceptors (Lipinski definition) is 3. The fourth-order valence-corrected chi connectivity index (χ4v) is 2.73. The van der Waals surface area contributed by atoms with Crippen LogP contribution >= 0.6 is 0 Å². The number of fused-ring (bicyclic) bond motifs is 1. The molecular weight excluding hydrogens is 250 g/mol. The Hall–Kier alpha value is -1.94. The molecule has 2 N–H and O–H groups in total. The van der Waals surface area contributed by atoms with E-state index in [9.17, 15) is 4.79 Å². The highest BCUT2D eigenvalue weighted by Gasteiger charge is 2.21. The molecule has 1 aliphatic heterocycles. The fraction of sp³-hybridized carbons (Fsp3) is 0.375. The molecule has 0 saturated carbocycles. The minimum absolute atomic E-state index is 0.0665. The van der Waals surface area contributed by atoms with Gasteiger partial charge in [-0.25, -0.2) is 0 Å². The number of benzene rings is 1. The van der Waals surface area contributed by atoms with Crippen molar-refractivity contribution in [1.82, 2.24) is 10.3 Å². The second kappa shape index (κ2) is 5.59. The smallest absolute Gasteiger partial charge is 0.228 e. The fourth-order valence-electron chi connectivity index (χ4n) is 2.73. The number of amides is 1. The van der Waals surface area contributed by atoms with Gasteiger partial charge in [-0.15, -0.1) is 0 Å². The van der Waals surface area contributed by atoms with E-state index in [1.54, 1.807) is 6.20 Å². The van der Waals surface area contributed by atoms with E-state index in [4.69, 9.17) is 0 Å². The number of carbonyl (C=O) groups is 1. The summed E-state index contributed by atoms with van der Waals surface area (Å²) in [6.45, 7) is 3.82. The first-order chi connectivity index (χ1) is 9.75. The van der Waals surface area contributed by atoms with Crippen LogP contribution in [0, 0.1) is 12.8 Å². The first kappa shape index (κ1) is 13.1. The summed E-state index contributed by atoms with van der Waals surface area (Å²) < 4.78 is 0. The minimum atomic E-state index is 0.0665. The quantitative estimate of drug-likeness (QED) is 0.880. The number of hydrogen-bond donors (Lipinski definition) is 2. The van der Waals surface area contributed by atoms with Gasteiger partial charge in [-0.1, -0.05) is 6.07 Å². The Balaban J connectivity index is 1.87. The molecule has 1 aromatic heterocycles. The first-order valence-corrected chi connectivity index (χ1v) is 7.11. The Morgan fingerprint density at radius 1 is 1.40 bits per heavy atom. The molecule has 1 atom stereocenters. The number of nitrogens with one attached hydrogen (secondary N) is 2. The van der Waals surface area contributed by atoms with Gasteiger partial charge >= 0.3 is 0 Å². The van der Waals surface area contributed by atoms with Gasteiger partial charge in [0.05, 0.1) is 17.1 Å². The van der Waals surface area contributed by atoms with Gasteiger partial charge in [-0.2, -0.15) is 0 Å². The molecular formula is C16H19N3O. The number of piperidine rings is 1. The maximum absolute atomic E-state index is 12.3. The second-order valence-electron chi connectivity index (χ2n) is 5.36. The third-order valence-electron chi connectivity index (χ3n) is 3.90. The van der Waals surface area contributed by atoms with Crippen LogP contribution in [-0.4, -0.2) is 24.0 Å². The zero-order valence-electron chi connectivity index (χ0n) is 11.6. The van der Waals surface area contributed by atoms with Gasteiger partial charge in [0.25, 0.3) is 0 Å². The lowest BCUT2D eigenvalue weighted by molar-refractivity contribution is -0.120. The average molecular weight is 269 g/mol. The molecule has 0 spiro atoms. The molecule has 104 valence electrons. The van der Waals surface area contributed by atoms with Crippen molar-refractivity contribution >= 4 is 22.5 Å². The normalized spacial score (nSPS) is 18.9. The maximum Gasteiger partial charge on any atom is 0.228 e. The third-order valence-corrected chi connectivity index (χ3v) is 3.90. The number of nitrogens with zero attached hydrogens (tertiary/aromatic N) is 1. The van der Waals surface area contributed by atoms with E-state index in [2.05, 4.69) is 15.6 Å². The van der Waals surface area contributed by atoms with Crippen LogP contribution in [0.3, 0.4) is 0 Å². The number of aromatic nitrogens is 1. The van der Waals surface area contributed by atoms with E-state index in [0.717, 1.165) is 48.1 Å². The van der Waals surface area contributed by atoms with Gasteiger partial charge in [0.2, 0.25) is 5.91 Å². The maximum atomic E-state index is 12.3. The Kier molecular flexibility index (Phi) is 3.65. The predicted molar refractivity (Wildman–Crippen MR) is 80.7 cm³/mol. The molecule has 1 saturated heterocycles. The summed E-state index contributed by atoms with van der Waals surface area (Å²) in [5, 5.41) is 7.34. The van der Waals surface area contributed by atoms with E-state index in [-0.39, 0.29) is 11.8 Å². The summed E-state index contributed by atoms with van der Waals surface area (Å²) in [6, 6.07) is 7.88. The van der Waals surface area contributed by atoms with Crippen molar-refractivity contribution in [2.45, 2.75) is 19.8 Å². The van der Waals surface area contributed by atoms with Crippen molar-refractivity contribution in [3.8, 4) is 0 Å². The Bertz CT molecular complexity index is 633. The van der Waals surface area contributed by atoms with Crippen LogP contribution in [0.2, 0.25) is 0 Å². The van der Waals surface area contributed by atoms with Gasteiger partial charge in [-0.3, -0.25) is 9.78 Å². The van der Waals surface area contributed by atoms with Crippen molar-refractivity contribution in [3.05, 3.63) is 36.0 Å². The number of carbonyl (C=O) groups excluding carboxylic acids is 1. The van der Waals surface area contributed by atoms with Crippen molar-refractivity contribution in [2.24, 2.45) is 5.92 Å². The summed E-state index contributed by atoms with van der Waals surface area (Å²) >= 11 is 0. The van der Waals surface area contributed by atoms with E-state index < -0.39 is 0 Å². The van der Waals surface area contributed by atoms with Crippen molar-refractivity contribution < 1.29 is 4.79 Å². The Morgan fingerprint density at radius 3 is 3.10 bits per heavy atom. The SMILES string of the molecule is Cc1ccc(NC(=O)[C@@H]2CCCNC2)c2cccnc12. The molecule has 0 unspecified atom stereocenters. The highest BCUT2D eigenvalue weighted by Crippen LogP contribution is 2.25. The Morgan fingerprint density at radius 2 is 2.30 bits per heavy atom. The molecule has 1 aromatic carbocycles. The first-order valence-electron chi connectivity index (χ1n) is 7.11. The topological polar surface area (TPSA) is 54.0 Å². The van der Waals surface area contributed by atoms with Gasteiger partial charge < -0.3 is 10.6 Å². The average Bonchev–Trinajstić information content (AvgIpc) is 2.51. The van der Waals surface area contributed by atoms with Crippen molar-refractivity contribution in [2.75, 3.05) is 18.4 Å². The van der Waals surface area contributed by atoms with Crippen molar-refractivity contribution in [1.29, 1.82) is 0 Å². The predicted octanol–water partition coefficient (Wildman–Crippen LogP) is 2.48. The number of pyridine rings is 1. The molecule has 4 nitrogen and oxygen atoms in total. The molecule has 1 aliphatic rings. The highest BCUT2D eigenvalue weighted by atomic mass is 16.1. The van der Waals surface area contributed by atoms with Gasteiger partial charge in [0.1, 0.15) is 0 Å². The molecule has 20 heavy (non-hydrogen) atoms. The summed E-state index contributed by atoms with van der Waals surface area (Å²) in [6.07, 6.45) is 3.81. The zero-order valence-corrected chi connectivity index (χ0v) is 11.6. The summed E-state index contributed by atoms with van der Waals surface area (Å²) in [7, 11) is 0. The van der Waals surface area contributed by atoms with Gasteiger partial charge in [0.15, 0.2) is 0 Å². The molecule has 0 aliphatic carbocycles. The van der Waals surface area contributed by atoms with Gasteiger partial charge in [-0.05, 0) is 50.1 Å². The Labute approximate surface area is 118 Å². The van der Waals surface area contributed by atoms with Crippen LogP contribution in [0.15, 0.2) is 30.5 Å². The zero-order chi connectivity index (χ0) is 13.9. The molecule has 0 radical (unpaired) electrons. The van der Waals surface area contributed by atoms with E-state index in [1.807, 2.05) is 31.2 Å². The molecule has 3 rings (SSSR count). The van der Waals surface area contributed by atoms with Crippen LogP contribution in [0.25, 0.3) is 10.9 Å². The molecule has 1 amide bonds. The number of rotatable bonds is 2. The second-order valence-corrected chi connectivity index (χ2v) is 5.36. The van der Waals surface area contributed by atoms with Crippen molar-refractivity contribution in [3.63, 3.8) is 0 Å². The molecule has 4 heteroatoms. The van der Waals surface area contributed by atoms with E-state index in [1.165, 1.54) is 0 Å². The largest absolute Gasteiger partial charge is 0.325 e. The van der Waals surface area contributed by atoms with Gasteiger partial charge in [0, 0.05) is 18.1 Å². The molecule has 2 aromatic rings. The molecule has 0 bridgehead atoms. The lowest BCUT2D eigenvalue weighted by atomic mass is 9.98. The lowest BCUT2D eigenvalue weighted by Gasteiger charge is -2.22. The molecule has 2 heterocycles. The van der Waals surface area contributed by atoms with Crippen LogP contribution < -0.4 is 10.6 Å². The highest BCUT2D eigenvalue weighted by molar-refractivity contribution is 6.02. The third kappa shape index (κ3) is 2.51. The van der Waals surface area contributed by atoms with Crippen LogP contribution in [0.1, 0.15) is 18.4 Å². The summed E-state index contributed by atoms with van der Waals surface area (Å²) in [4.78, 5) is 16.7. The lowest BCUT2D eigenvalue weighted by Crippen LogP contribution is -2.37. The number of anilines is 1.